The molecule has 0 unspecified atom stereocenters. The van der Waals surface area contributed by atoms with E-state index in [2.05, 4.69) is 15.9 Å². The molecular weight excluding hydrogens is 256 g/mol. The van der Waals surface area contributed by atoms with Crippen LogP contribution in [0.3, 0.4) is 0 Å². The Balaban J connectivity index is 2.53. The van der Waals surface area contributed by atoms with Gasteiger partial charge in [-0.05, 0) is 27.4 Å². The summed E-state index contributed by atoms with van der Waals surface area (Å²) < 4.78 is 6.34. The van der Waals surface area contributed by atoms with E-state index in [1.165, 1.54) is 0 Å². The molecule has 2 aromatic rings. The molecular formula is C12H7BrO2. The molecule has 1 aliphatic rings. The maximum atomic E-state index is 11.6. The predicted octanol–water partition coefficient (Wildman–Crippen LogP) is 3.18. The summed E-state index contributed by atoms with van der Waals surface area (Å²) in [6, 6.07) is 9.66. The van der Waals surface area contributed by atoms with Crippen LogP contribution in [0.4, 0.5) is 0 Å². The minimum atomic E-state index is 0.0474. The van der Waals surface area contributed by atoms with Gasteiger partial charge in [-0.1, -0.05) is 24.3 Å². The van der Waals surface area contributed by atoms with Crippen LogP contribution < -0.4 is 4.74 Å². The topological polar surface area (TPSA) is 26.3 Å². The van der Waals surface area contributed by atoms with Crippen LogP contribution in [0.5, 0.6) is 5.75 Å². The largest absolute Gasteiger partial charge is 0.484 e. The van der Waals surface area contributed by atoms with Gasteiger partial charge in [0.1, 0.15) is 5.75 Å². The van der Waals surface area contributed by atoms with Gasteiger partial charge in [0.2, 0.25) is 5.78 Å². The average molecular weight is 263 g/mol. The van der Waals surface area contributed by atoms with Crippen molar-refractivity contribution in [2.75, 3.05) is 6.61 Å². The molecule has 0 radical (unpaired) electrons. The van der Waals surface area contributed by atoms with Crippen LogP contribution in [-0.4, -0.2) is 12.4 Å². The third-order valence-corrected chi connectivity index (χ3v) is 3.22. The summed E-state index contributed by atoms with van der Waals surface area (Å²) in [5.74, 6) is 0.828. The lowest BCUT2D eigenvalue weighted by molar-refractivity contribution is 0.0914. The van der Waals surface area contributed by atoms with Crippen LogP contribution in [0.1, 0.15) is 10.4 Å². The Bertz CT molecular complexity index is 575. The summed E-state index contributed by atoms with van der Waals surface area (Å²) in [5, 5.41) is 1.96. The predicted molar refractivity (Wildman–Crippen MR) is 61.5 cm³/mol. The molecule has 2 aromatic carbocycles. The summed E-state index contributed by atoms with van der Waals surface area (Å²) in [6.45, 7) is 0.134. The minimum absolute atomic E-state index is 0.0474. The highest BCUT2D eigenvalue weighted by molar-refractivity contribution is 9.10. The van der Waals surface area contributed by atoms with Crippen molar-refractivity contribution in [3.8, 4) is 5.75 Å². The first-order valence-corrected chi connectivity index (χ1v) is 5.44. The number of hydrogen-bond acceptors (Lipinski definition) is 2. The maximum Gasteiger partial charge on any atom is 0.200 e. The molecule has 3 heteroatoms. The van der Waals surface area contributed by atoms with Crippen molar-refractivity contribution in [2.24, 2.45) is 0 Å². The standard InChI is InChI=1S/C12H7BrO2/c13-9-5-4-7-2-1-3-8-10(14)6-15-12(9)11(7)8/h1-5H,6H2. The van der Waals surface area contributed by atoms with Crippen LogP contribution in [0, 0.1) is 0 Å². The van der Waals surface area contributed by atoms with E-state index < -0.39 is 0 Å². The third kappa shape index (κ3) is 1.20. The number of carbonyl (C=O) groups excluding carboxylic acids is 1. The molecule has 15 heavy (non-hydrogen) atoms. The maximum absolute atomic E-state index is 11.6. The fraction of sp³-hybridized carbons (Fsp3) is 0.0833. The van der Waals surface area contributed by atoms with Gasteiger partial charge < -0.3 is 4.74 Å². The second-order valence-electron chi connectivity index (χ2n) is 3.49. The third-order valence-electron chi connectivity index (χ3n) is 2.60. The Morgan fingerprint density at radius 2 is 2.07 bits per heavy atom. The smallest absolute Gasteiger partial charge is 0.200 e. The zero-order valence-corrected chi connectivity index (χ0v) is 9.37. The van der Waals surface area contributed by atoms with E-state index in [1.807, 2.05) is 30.3 Å². The first-order chi connectivity index (χ1) is 7.27. The normalized spacial score (nSPS) is 14.1. The fourth-order valence-electron chi connectivity index (χ4n) is 1.91. The van der Waals surface area contributed by atoms with E-state index in [1.54, 1.807) is 0 Å². The summed E-state index contributed by atoms with van der Waals surface area (Å²) in [7, 11) is 0. The van der Waals surface area contributed by atoms with Crippen LogP contribution in [0.2, 0.25) is 0 Å². The van der Waals surface area contributed by atoms with E-state index in [0.717, 1.165) is 26.6 Å². The van der Waals surface area contributed by atoms with E-state index in [-0.39, 0.29) is 12.4 Å². The van der Waals surface area contributed by atoms with Gasteiger partial charge in [-0.2, -0.15) is 0 Å². The molecule has 3 rings (SSSR count). The Kier molecular flexibility index (Phi) is 1.83. The van der Waals surface area contributed by atoms with Crippen LogP contribution >= 0.6 is 15.9 Å². The lowest BCUT2D eigenvalue weighted by Gasteiger charge is -2.18. The Labute approximate surface area is 95.0 Å². The molecule has 0 bridgehead atoms. The molecule has 1 aliphatic heterocycles. The number of halogens is 1. The monoisotopic (exact) mass is 262 g/mol. The van der Waals surface area contributed by atoms with E-state index >= 15 is 0 Å². The van der Waals surface area contributed by atoms with E-state index in [9.17, 15) is 4.79 Å². The molecule has 0 fully saturated rings. The Morgan fingerprint density at radius 3 is 2.93 bits per heavy atom. The summed E-state index contributed by atoms with van der Waals surface area (Å²) in [4.78, 5) is 11.6. The highest BCUT2D eigenvalue weighted by Crippen LogP contribution is 2.38. The second kappa shape index (κ2) is 3.07. The molecule has 0 amide bonds. The van der Waals surface area contributed by atoms with Gasteiger partial charge in [0.15, 0.2) is 6.61 Å². The molecule has 0 aromatic heterocycles. The highest BCUT2D eigenvalue weighted by Gasteiger charge is 2.21. The van der Waals surface area contributed by atoms with Crippen LogP contribution in [0.25, 0.3) is 10.8 Å². The van der Waals surface area contributed by atoms with Crippen LogP contribution in [-0.2, 0) is 0 Å². The molecule has 0 spiro atoms. The summed E-state index contributed by atoms with van der Waals surface area (Å²) in [6.07, 6.45) is 0. The molecule has 0 atom stereocenters. The number of ether oxygens (including phenoxy) is 1. The fourth-order valence-corrected chi connectivity index (χ4v) is 2.35. The highest BCUT2D eigenvalue weighted by atomic mass is 79.9. The number of hydrogen-bond donors (Lipinski definition) is 0. The average Bonchev–Trinajstić information content (AvgIpc) is 2.26. The van der Waals surface area contributed by atoms with Crippen molar-refractivity contribution >= 4 is 32.5 Å². The summed E-state index contributed by atoms with van der Waals surface area (Å²) in [5.41, 5.74) is 0.759. The van der Waals surface area contributed by atoms with Crippen molar-refractivity contribution < 1.29 is 9.53 Å². The lowest BCUT2D eigenvalue weighted by atomic mass is 9.99. The Hall–Kier alpha value is -1.35. The molecule has 1 heterocycles. The SMILES string of the molecule is O=C1COc2c(Br)ccc3cccc1c23. The van der Waals surface area contributed by atoms with Gasteiger partial charge in [0.05, 0.1) is 4.47 Å². The van der Waals surface area contributed by atoms with Crippen molar-refractivity contribution in [1.29, 1.82) is 0 Å². The van der Waals surface area contributed by atoms with Gasteiger partial charge in [0.25, 0.3) is 0 Å². The second-order valence-corrected chi connectivity index (χ2v) is 4.35. The lowest BCUT2D eigenvalue weighted by Crippen LogP contribution is -2.17. The van der Waals surface area contributed by atoms with Gasteiger partial charge in [0, 0.05) is 10.9 Å². The van der Waals surface area contributed by atoms with Crippen molar-refractivity contribution in [3.05, 3.63) is 40.4 Å². The number of rotatable bonds is 0. The molecule has 0 aliphatic carbocycles. The zero-order valence-electron chi connectivity index (χ0n) is 7.79. The van der Waals surface area contributed by atoms with Gasteiger partial charge >= 0.3 is 0 Å². The quantitative estimate of drug-likeness (QED) is 0.729. The zero-order chi connectivity index (χ0) is 10.4. The number of Topliss-reactive ketones (excluding diaryl/α,β-unsaturated/α-hetero) is 1. The van der Waals surface area contributed by atoms with E-state index in [4.69, 9.17) is 4.74 Å². The van der Waals surface area contributed by atoms with Crippen molar-refractivity contribution in [2.45, 2.75) is 0 Å². The molecule has 74 valence electrons. The number of ketones is 1. The van der Waals surface area contributed by atoms with Crippen LogP contribution in [0.15, 0.2) is 34.8 Å². The van der Waals surface area contributed by atoms with Gasteiger partial charge in [-0.25, -0.2) is 0 Å². The number of carbonyl (C=O) groups is 1. The Morgan fingerprint density at radius 1 is 1.20 bits per heavy atom. The van der Waals surface area contributed by atoms with Crippen molar-refractivity contribution in [3.63, 3.8) is 0 Å². The van der Waals surface area contributed by atoms with Gasteiger partial charge in [-0.15, -0.1) is 0 Å². The van der Waals surface area contributed by atoms with Crippen molar-refractivity contribution in [1.82, 2.24) is 0 Å². The minimum Gasteiger partial charge on any atom is -0.484 e. The van der Waals surface area contributed by atoms with Gasteiger partial charge in [-0.3, -0.25) is 4.79 Å². The molecule has 2 nitrogen and oxygen atoms in total. The van der Waals surface area contributed by atoms with E-state index in [0.29, 0.717) is 0 Å². The molecule has 0 saturated heterocycles. The number of benzene rings is 2. The first kappa shape index (κ1) is 8.92. The summed E-state index contributed by atoms with van der Waals surface area (Å²) >= 11 is 3.43. The molecule has 0 saturated carbocycles. The first-order valence-electron chi connectivity index (χ1n) is 4.64. The molecule has 0 N–H and O–H groups in total.